The molecule has 0 aliphatic carbocycles. The van der Waals surface area contributed by atoms with Crippen LogP contribution in [0, 0.1) is 0 Å². The highest BCUT2D eigenvalue weighted by Gasteiger charge is 2.04. The van der Waals surface area contributed by atoms with Crippen LogP contribution in [0.2, 0.25) is 0 Å². The van der Waals surface area contributed by atoms with E-state index in [4.69, 9.17) is 4.74 Å². The van der Waals surface area contributed by atoms with Crippen LogP contribution in [-0.4, -0.2) is 45.7 Å². The third-order valence-electron chi connectivity index (χ3n) is 2.64. The fraction of sp³-hybridized carbons (Fsp3) is 0.538. The Morgan fingerprint density at radius 2 is 1.69 bits per heavy atom. The van der Waals surface area contributed by atoms with E-state index < -0.39 is 0 Å². The van der Waals surface area contributed by atoms with Gasteiger partial charge in [0.05, 0.1) is 7.11 Å². The van der Waals surface area contributed by atoms with Crippen LogP contribution in [0.4, 0.5) is 5.69 Å². The number of hydrogen-bond donors (Lipinski definition) is 0. The van der Waals surface area contributed by atoms with Crippen molar-refractivity contribution in [1.29, 1.82) is 0 Å². The first-order chi connectivity index (χ1) is 7.67. The van der Waals surface area contributed by atoms with Gasteiger partial charge in [-0.3, -0.25) is 0 Å². The van der Waals surface area contributed by atoms with Gasteiger partial charge < -0.3 is 14.5 Å². The molecule has 3 nitrogen and oxygen atoms in total. The van der Waals surface area contributed by atoms with Gasteiger partial charge in [0.15, 0.2) is 0 Å². The summed E-state index contributed by atoms with van der Waals surface area (Å²) in [5.41, 5.74) is 1.25. The zero-order valence-electron chi connectivity index (χ0n) is 10.7. The van der Waals surface area contributed by atoms with Gasteiger partial charge >= 0.3 is 0 Å². The van der Waals surface area contributed by atoms with Crippen LogP contribution in [0.3, 0.4) is 0 Å². The molecule has 0 saturated heterocycles. The predicted molar refractivity (Wildman–Crippen MR) is 69.4 cm³/mol. The zero-order chi connectivity index (χ0) is 12.0. The SMILES string of the molecule is CCN(CCN(C)C)c1ccc(OC)cc1. The van der Waals surface area contributed by atoms with Crippen molar-refractivity contribution in [3.63, 3.8) is 0 Å². The maximum absolute atomic E-state index is 5.15. The minimum atomic E-state index is 0.910. The zero-order valence-corrected chi connectivity index (χ0v) is 10.7. The van der Waals surface area contributed by atoms with Crippen LogP contribution < -0.4 is 9.64 Å². The first-order valence-electron chi connectivity index (χ1n) is 5.71. The van der Waals surface area contributed by atoms with Crippen LogP contribution in [-0.2, 0) is 0 Å². The second-order valence-corrected chi connectivity index (χ2v) is 4.08. The predicted octanol–water partition coefficient (Wildman–Crippen LogP) is 2.08. The maximum atomic E-state index is 5.15. The molecule has 1 rings (SSSR count). The Morgan fingerprint density at radius 1 is 1.06 bits per heavy atom. The third kappa shape index (κ3) is 3.74. The van der Waals surface area contributed by atoms with Crippen LogP contribution in [0.25, 0.3) is 0 Å². The summed E-state index contributed by atoms with van der Waals surface area (Å²) in [5.74, 6) is 0.910. The van der Waals surface area contributed by atoms with E-state index in [-0.39, 0.29) is 0 Å². The number of benzene rings is 1. The van der Waals surface area contributed by atoms with Gasteiger partial charge in [0.2, 0.25) is 0 Å². The molecular weight excluding hydrogens is 200 g/mol. The summed E-state index contributed by atoms with van der Waals surface area (Å²) in [7, 11) is 5.89. The summed E-state index contributed by atoms with van der Waals surface area (Å²) in [4.78, 5) is 4.56. The van der Waals surface area contributed by atoms with E-state index in [0.29, 0.717) is 0 Å². The average molecular weight is 222 g/mol. The monoisotopic (exact) mass is 222 g/mol. The number of hydrogen-bond acceptors (Lipinski definition) is 3. The van der Waals surface area contributed by atoms with Crippen molar-refractivity contribution in [3.05, 3.63) is 24.3 Å². The highest BCUT2D eigenvalue weighted by atomic mass is 16.5. The lowest BCUT2D eigenvalue weighted by Gasteiger charge is -2.25. The van der Waals surface area contributed by atoms with Crippen LogP contribution in [0.15, 0.2) is 24.3 Å². The molecular formula is C13H22N2O. The molecule has 0 saturated carbocycles. The van der Waals surface area contributed by atoms with E-state index in [1.165, 1.54) is 5.69 Å². The second-order valence-electron chi connectivity index (χ2n) is 4.08. The summed E-state index contributed by atoms with van der Waals surface area (Å²) < 4.78 is 5.15. The van der Waals surface area contributed by atoms with Crippen molar-refractivity contribution in [3.8, 4) is 5.75 Å². The molecule has 0 unspecified atom stereocenters. The number of likely N-dealkylation sites (N-methyl/N-ethyl adjacent to an activating group) is 2. The minimum Gasteiger partial charge on any atom is -0.497 e. The van der Waals surface area contributed by atoms with E-state index in [2.05, 4.69) is 43.0 Å². The van der Waals surface area contributed by atoms with Crippen molar-refractivity contribution in [2.75, 3.05) is 45.7 Å². The van der Waals surface area contributed by atoms with Gasteiger partial charge in [-0.15, -0.1) is 0 Å². The van der Waals surface area contributed by atoms with Gasteiger partial charge in [0, 0.05) is 25.3 Å². The van der Waals surface area contributed by atoms with Crippen molar-refractivity contribution >= 4 is 5.69 Å². The highest BCUT2D eigenvalue weighted by Crippen LogP contribution is 2.18. The minimum absolute atomic E-state index is 0.910. The lowest BCUT2D eigenvalue weighted by molar-refractivity contribution is 0.412. The summed E-state index contributed by atoms with van der Waals surface area (Å²) in [6.45, 7) is 5.33. The molecule has 0 heterocycles. The molecule has 3 heteroatoms. The van der Waals surface area contributed by atoms with Crippen LogP contribution in [0.5, 0.6) is 5.75 Å². The van der Waals surface area contributed by atoms with Gasteiger partial charge in [0.25, 0.3) is 0 Å². The summed E-state index contributed by atoms with van der Waals surface area (Å²) in [6, 6.07) is 8.23. The number of methoxy groups -OCH3 is 1. The molecule has 16 heavy (non-hydrogen) atoms. The third-order valence-corrected chi connectivity index (χ3v) is 2.64. The highest BCUT2D eigenvalue weighted by molar-refractivity contribution is 5.48. The summed E-state index contributed by atoms with van der Waals surface area (Å²) in [6.07, 6.45) is 0. The Kier molecular flexibility index (Phi) is 5.12. The maximum Gasteiger partial charge on any atom is 0.119 e. The first-order valence-corrected chi connectivity index (χ1v) is 5.71. The fourth-order valence-corrected chi connectivity index (χ4v) is 1.58. The molecule has 0 bridgehead atoms. The molecule has 1 aromatic carbocycles. The fourth-order valence-electron chi connectivity index (χ4n) is 1.58. The number of anilines is 1. The number of rotatable bonds is 6. The number of nitrogens with zero attached hydrogens (tertiary/aromatic N) is 2. The Labute approximate surface area is 98.6 Å². The average Bonchev–Trinajstić information content (AvgIpc) is 2.30. The van der Waals surface area contributed by atoms with Gasteiger partial charge in [-0.1, -0.05) is 0 Å². The Hall–Kier alpha value is -1.22. The molecule has 0 radical (unpaired) electrons. The molecule has 0 spiro atoms. The summed E-state index contributed by atoms with van der Waals surface area (Å²) in [5, 5.41) is 0. The normalized spacial score (nSPS) is 10.6. The van der Waals surface area contributed by atoms with Crippen molar-refractivity contribution in [2.45, 2.75) is 6.92 Å². The van der Waals surface area contributed by atoms with Gasteiger partial charge in [0.1, 0.15) is 5.75 Å². The Morgan fingerprint density at radius 3 is 2.12 bits per heavy atom. The first kappa shape index (κ1) is 12.8. The molecule has 1 aromatic rings. The molecule has 0 aromatic heterocycles. The van der Waals surface area contributed by atoms with Crippen molar-refractivity contribution in [1.82, 2.24) is 4.90 Å². The summed E-state index contributed by atoms with van der Waals surface area (Å²) >= 11 is 0. The molecule has 0 aliphatic heterocycles. The standard InChI is InChI=1S/C13H22N2O/c1-5-15(11-10-14(2)3)12-6-8-13(16-4)9-7-12/h6-9H,5,10-11H2,1-4H3. The van der Waals surface area contributed by atoms with Gasteiger partial charge in [-0.05, 0) is 45.3 Å². The second kappa shape index (κ2) is 6.38. The van der Waals surface area contributed by atoms with E-state index in [1.54, 1.807) is 7.11 Å². The van der Waals surface area contributed by atoms with E-state index in [1.807, 2.05) is 12.1 Å². The van der Waals surface area contributed by atoms with E-state index in [0.717, 1.165) is 25.4 Å². The van der Waals surface area contributed by atoms with Crippen LogP contribution in [0.1, 0.15) is 6.92 Å². The largest absolute Gasteiger partial charge is 0.497 e. The van der Waals surface area contributed by atoms with Crippen molar-refractivity contribution in [2.24, 2.45) is 0 Å². The molecule has 0 atom stereocenters. The molecule has 0 aliphatic rings. The molecule has 0 N–H and O–H groups in total. The Balaban J connectivity index is 2.63. The van der Waals surface area contributed by atoms with E-state index in [9.17, 15) is 0 Å². The molecule has 90 valence electrons. The lowest BCUT2D eigenvalue weighted by atomic mass is 10.2. The number of ether oxygens (including phenoxy) is 1. The van der Waals surface area contributed by atoms with Crippen molar-refractivity contribution < 1.29 is 4.74 Å². The quantitative estimate of drug-likeness (QED) is 0.733. The smallest absolute Gasteiger partial charge is 0.119 e. The van der Waals surface area contributed by atoms with Crippen LogP contribution >= 0.6 is 0 Å². The molecule has 0 fully saturated rings. The van der Waals surface area contributed by atoms with Gasteiger partial charge in [-0.25, -0.2) is 0 Å². The topological polar surface area (TPSA) is 15.7 Å². The van der Waals surface area contributed by atoms with Gasteiger partial charge in [-0.2, -0.15) is 0 Å². The lowest BCUT2D eigenvalue weighted by Crippen LogP contribution is -2.31. The Bertz CT molecular complexity index is 295. The molecule has 0 amide bonds. The van der Waals surface area contributed by atoms with E-state index >= 15 is 0 Å².